The van der Waals surface area contributed by atoms with Crippen LogP contribution in [0.1, 0.15) is 70.4 Å². The SMILES string of the molecule is CCC1CCC(Oc2ccc3cc(CN4C5CCC4CC(C(=O)O)C5)ncc3c2Br)CC1. The van der Waals surface area contributed by atoms with Crippen molar-refractivity contribution in [3.05, 3.63) is 34.6 Å². The van der Waals surface area contributed by atoms with Gasteiger partial charge in [0.05, 0.1) is 22.2 Å². The van der Waals surface area contributed by atoms with E-state index in [4.69, 9.17) is 9.72 Å². The van der Waals surface area contributed by atoms with Crippen LogP contribution in [0.5, 0.6) is 5.75 Å². The molecule has 1 saturated carbocycles. The molecule has 172 valence electrons. The summed E-state index contributed by atoms with van der Waals surface area (Å²) < 4.78 is 7.37. The zero-order chi connectivity index (χ0) is 22.2. The smallest absolute Gasteiger partial charge is 0.306 e. The second-order valence-corrected chi connectivity index (χ2v) is 10.8. The first-order valence-corrected chi connectivity index (χ1v) is 13.0. The standard InChI is InChI=1S/C26H33BrN2O3/c1-2-16-3-8-22(9-4-16)32-24-10-5-17-11-19(28-14-23(17)25(24)27)15-29-20-6-7-21(29)13-18(12-20)26(30)31/h5,10-11,14,16,18,20-22H,2-4,6-9,12-13,15H2,1H3,(H,30,31). The number of piperidine rings is 1. The van der Waals surface area contributed by atoms with Gasteiger partial charge in [0.1, 0.15) is 5.75 Å². The number of hydrogen-bond donors (Lipinski definition) is 1. The van der Waals surface area contributed by atoms with Crippen molar-refractivity contribution in [2.75, 3.05) is 0 Å². The maximum absolute atomic E-state index is 11.5. The topological polar surface area (TPSA) is 62.7 Å². The van der Waals surface area contributed by atoms with E-state index in [1.807, 2.05) is 6.20 Å². The summed E-state index contributed by atoms with van der Waals surface area (Å²) >= 11 is 3.78. The summed E-state index contributed by atoms with van der Waals surface area (Å²) in [5.41, 5.74) is 1.06. The second kappa shape index (κ2) is 9.30. The van der Waals surface area contributed by atoms with E-state index >= 15 is 0 Å². The highest BCUT2D eigenvalue weighted by atomic mass is 79.9. The molecule has 2 atom stereocenters. The number of halogens is 1. The number of hydrogen-bond acceptors (Lipinski definition) is 4. The van der Waals surface area contributed by atoms with Crippen LogP contribution < -0.4 is 4.74 Å². The van der Waals surface area contributed by atoms with Crippen molar-refractivity contribution in [3.8, 4) is 5.75 Å². The molecule has 32 heavy (non-hydrogen) atoms. The molecular weight excluding hydrogens is 468 g/mol. The average molecular weight is 501 g/mol. The van der Waals surface area contributed by atoms with Crippen LogP contribution in [-0.4, -0.2) is 39.1 Å². The Bertz CT molecular complexity index is 974. The van der Waals surface area contributed by atoms with Gasteiger partial charge in [0.15, 0.2) is 0 Å². The normalized spacial score (nSPS) is 30.5. The number of carboxylic acid groups (broad SMARTS) is 1. The molecule has 3 aliphatic rings. The molecule has 6 heteroatoms. The highest BCUT2D eigenvalue weighted by Gasteiger charge is 2.42. The number of carboxylic acids is 1. The third kappa shape index (κ3) is 4.41. The van der Waals surface area contributed by atoms with Gasteiger partial charge in [-0.3, -0.25) is 14.7 Å². The van der Waals surface area contributed by atoms with Crippen molar-refractivity contribution in [3.63, 3.8) is 0 Å². The van der Waals surface area contributed by atoms with Gasteiger partial charge in [-0.15, -0.1) is 0 Å². The van der Waals surface area contributed by atoms with E-state index in [0.29, 0.717) is 18.2 Å². The maximum Gasteiger partial charge on any atom is 0.306 e. The third-order valence-electron chi connectivity index (χ3n) is 8.10. The highest BCUT2D eigenvalue weighted by molar-refractivity contribution is 9.10. The van der Waals surface area contributed by atoms with Gasteiger partial charge in [0, 0.05) is 30.2 Å². The summed E-state index contributed by atoms with van der Waals surface area (Å²) in [6, 6.07) is 7.16. The quantitative estimate of drug-likeness (QED) is 0.513. The predicted molar refractivity (Wildman–Crippen MR) is 129 cm³/mol. The van der Waals surface area contributed by atoms with Gasteiger partial charge in [-0.2, -0.15) is 0 Å². The number of fused-ring (bicyclic) bond motifs is 3. The second-order valence-electron chi connectivity index (χ2n) is 10.0. The van der Waals surface area contributed by atoms with E-state index in [-0.39, 0.29) is 5.92 Å². The number of nitrogens with zero attached hydrogens (tertiary/aromatic N) is 2. The molecule has 2 bridgehead atoms. The van der Waals surface area contributed by atoms with Crippen LogP contribution in [0.2, 0.25) is 0 Å². The summed E-state index contributed by atoms with van der Waals surface area (Å²) in [5.74, 6) is 0.967. The van der Waals surface area contributed by atoms with E-state index in [1.54, 1.807) is 0 Å². The Labute approximate surface area is 198 Å². The molecule has 3 heterocycles. The Hall–Kier alpha value is -1.66. The predicted octanol–water partition coefficient (Wildman–Crippen LogP) is 6.17. The van der Waals surface area contributed by atoms with Gasteiger partial charge < -0.3 is 9.84 Å². The first-order chi connectivity index (χ1) is 15.5. The minimum atomic E-state index is -0.633. The fourth-order valence-corrected chi connectivity index (χ4v) is 6.70. The molecule has 1 aromatic heterocycles. The summed E-state index contributed by atoms with van der Waals surface area (Å²) in [5, 5.41) is 11.7. The fraction of sp³-hybridized carbons (Fsp3) is 0.615. The van der Waals surface area contributed by atoms with E-state index in [0.717, 1.165) is 77.7 Å². The fourth-order valence-electron chi connectivity index (χ4n) is 6.15. The lowest BCUT2D eigenvalue weighted by molar-refractivity contribution is -0.144. The maximum atomic E-state index is 11.5. The van der Waals surface area contributed by atoms with Gasteiger partial charge in [-0.05, 0) is 90.7 Å². The number of ether oxygens (including phenoxy) is 1. The van der Waals surface area contributed by atoms with Crippen molar-refractivity contribution in [1.29, 1.82) is 0 Å². The zero-order valence-corrected chi connectivity index (χ0v) is 20.4. The molecule has 1 aromatic carbocycles. The van der Waals surface area contributed by atoms with Crippen LogP contribution in [0, 0.1) is 11.8 Å². The van der Waals surface area contributed by atoms with Gasteiger partial charge in [-0.25, -0.2) is 0 Å². The first-order valence-electron chi connectivity index (χ1n) is 12.2. The Balaban J connectivity index is 1.28. The van der Waals surface area contributed by atoms with Gasteiger partial charge in [-0.1, -0.05) is 19.4 Å². The molecule has 2 aromatic rings. The molecule has 0 spiro atoms. The van der Waals surface area contributed by atoms with Crippen LogP contribution >= 0.6 is 15.9 Å². The lowest BCUT2D eigenvalue weighted by Crippen LogP contribution is -2.44. The van der Waals surface area contributed by atoms with Crippen LogP contribution in [0.3, 0.4) is 0 Å². The molecule has 1 N–H and O–H groups in total. The van der Waals surface area contributed by atoms with E-state index in [1.165, 1.54) is 19.3 Å². The number of benzene rings is 1. The summed E-state index contributed by atoms with van der Waals surface area (Å²) in [7, 11) is 0. The minimum Gasteiger partial charge on any atom is -0.489 e. The van der Waals surface area contributed by atoms with Crippen LogP contribution in [-0.2, 0) is 11.3 Å². The van der Waals surface area contributed by atoms with Crippen LogP contribution in [0.4, 0.5) is 0 Å². The Kier molecular flexibility index (Phi) is 6.44. The lowest BCUT2D eigenvalue weighted by atomic mass is 9.86. The molecule has 0 radical (unpaired) electrons. The highest BCUT2D eigenvalue weighted by Crippen LogP contribution is 2.40. The molecule has 5 rings (SSSR count). The molecule has 5 nitrogen and oxygen atoms in total. The van der Waals surface area contributed by atoms with Crippen molar-refractivity contribution in [1.82, 2.24) is 9.88 Å². The summed E-state index contributed by atoms with van der Waals surface area (Å²) in [6.07, 6.45) is 12.1. The summed E-state index contributed by atoms with van der Waals surface area (Å²) in [6.45, 7) is 3.09. The molecule has 3 fully saturated rings. The lowest BCUT2D eigenvalue weighted by Gasteiger charge is -2.37. The number of carbonyl (C=O) groups is 1. The van der Waals surface area contributed by atoms with Crippen molar-refractivity contribution < 1.29 is 14.6 Å². The van der Waals surface area contributed by atoms with Crippen LogP contribution in [0.15, 0.2) is 28.9 Å². The first kappa shape index (κ1) is 22.1. The Morgan fingerprint density at radius 1 is 1.16 bits per heavy atom. The van der Waals surface area contributed by atoms with Gasteiger partial charge >= 0.3 is 5.97 Å². The van der Waals surface area contributed by atoms with E-state index in [9.17, 15) is 9.90 Å². The average Bonchev–Trinajstić information content (AvgIpc) is 3.02. The minimum absolute atomic E-state index is 0.181. The number of pyridine rings is 1. The number of rotatable bonds is 6. The van der Waals surface area contributed by atoms with Crippen LogP contribution in [0.25, 0.3) is 10.8 Å². The zero-order valence-electron chi connectivity index (χ0n) is 18.8. The molecule has 1 aliphatic carbocycles. The van der Waals surface area contributed by atoms with Crippen molar-refractivity contribution >= 4 is 32.7 Å². The number of aromatic nitrogens is 1. The molecule has 0 amide bonds. The molecular formula is C26H33BrN2O3. The Morgan fingerprint density at radius 3 is 2.53 bits per heavy atom. The van der Waals surface area contributed by atoms with E-state index < -0.39 is 5.97 Å². The third-order valence-corrected chi connectivity index (χ3v) is 8.92. The molecule has 2 unspecified atom stereocenters. The Morgan fingerprint density at radius 2 is 1.88 bits per heavy atom. The van der Waals surface area contributed by atoms with Crippen molar-refractivity contribution in [2.45, 2.75) is 89.4 Å². The van der Waals surface area contributed by atoms with E-state index in [2.05, 4.69) is 46.0 Å². The molecule has 2 saturated heterocycles. The summed E-state index contributed by atoms with van der Waals surface area (Å²) in [4.78, 5) is 18.7. The van der Waals surface area contributed by atoms with Gasteiger partial charge in [0.25, 0.3) is 0 Å². The van der Waals surface area contributed by atoms with Crippen molar-refractivity contribution in [2.24, 2.45) is 11.8 Å². The van der Waals surface area contributed by atoms with Gasteiger partial charge in [0.2, 0.25) is 0 Å². The number of aliphatic carboxylic acids is 1. The largest absolute Gasteiger partial charge is 0.489 e. The molecule has 2 aliphatic heterocycles. The monoisotopic (exact) mass is 500 g/mol.